The summed E-state index contributed by atoms with van der Waals surface area (Å²) < 4.78 is 4.83. The van der Waals surface area contributed by atoms with Crippen LogP contribution in [0.1, 0.15) is 37.7 Å². The minimum Gasteiger partial charge on any atom is -0.466 e. The molecule has 0 amide bonds. The van der Waals surface area contributed by atoms with E-state index in [1.54, 1.807) is 6.92 Å². The van der Waals surface area contributed by atoms with E-state index in [0.717, 1.165) is 19.5 Å². The number of ketones is 1. The maximum absolute atomic E-state index is 11.9. The van der Waals surface area contributed by atoms with Crippen molar-refractivity contribution in [3.8, 4) is 0 Å². The van der Waals surface area contributed by atoms with Crippen molar-refractivity contribution in [2.24, 2.45) is 0 Å². The van der Waals surface area contributed by atoms with Crippen LogP contribution in [0.5, 0.6) is 0 Å². The van der Waals surface area contributed by atoms with Crippen LogP contribution >= 0.6 is 0 Å². The highest BCUT2D eigenvalue weighted by Gasteiger charge is 2.25. The number of benzene rings is 1. The zero-order chi connectivity index (χ0) is 15.1. The zero-order valence-corrected chi connectivity index (χ0v) is 12.6. The van der Waals surface area contributed by atoms with E-state index in [1.807, 2.05) is 6.07 Å². The maximum Gasteiger partial charge on any atom is 0.306 e. The van der Waals surface area contributed by atoms with E-state index in [4.69, 9.17) is 4.74 Å². The largest absolute Gasteiger partial charge is 0.466 e. The predicted molar refractivity (Wildman–Crippen MR) is 81.1 cm³/mol. The topological polar surface area (TPSA) is 46.6 Å². The lowest BCUT2D eigenvalue weighted by Gasteiger charge is -2.15. The summed E-state index contributed by atoms with van der Waals surface area (Å²) in [5.41, 5.74) is 1.35. The third-order valence-electron chi connectivity index (χ3n) is 3.86. The molecule has 1 heterocycles. The number of ether oxygens (including phenoxy) is 1. The fourth-order valence-corrected chi connectivity index (χ4v) is 2.78. The van der Waals surface area contributed by atoms with Gasteiger partial charge in [-0.15, -0.1) is 0 Å². The SMILES string of the molecule is CCOC(=O)CCC(=O)CN1CCC(c2ccccc2)C1. The lowest BCUT2D eigenvalue weighted by molar-refractivity contribution is -0.144. The number of rotatable bonds is 7. The smallest absolute Gasteiger partial charge is 0.306 e. The molecular weight excluding hydrogens is 266 g/mol. The van der Waals surface area contributed by atoms with Crippen LogP contribution in [0.3, 0.4) is 0 Å². The standard InChI is InChI=1S/C17H23NO3/c1-2-21-17(20)9-8-16(19)13-18-11-10-15(12-18)14-6-4-3-5-7-14/h3-7,15H,2,8-13H2,1H3. The van der Waals surface area contributed by atoms with Crippen molar-refractivity contribution in [3.05, 3.63) is 35.9 Å². The van der Waals surface area contributed by atoms with E-state index in [-0.39, 0.29) is 24.6 Å². The zero-order valence-electron chi connectivity index (χ0n) is 12.6. The lowest BCUT2D eigenvalue weighted by atomic mass is 9.99. The van der Waals surface area contributed by atoms with E-state index in [0.29, 0.717) is 19.1 Å². The van der Waals surface area contributed by atoms with Gasteiger partial charge in [0.15, 0.2) is 0 Å². The Morgan fingerprint density at radius 3 is 2.71 bits per heavy atom. The third kappa shape index (κ3) is 4.97. The van der Waals surface area contributed by atoms with Gasteiger partial charge in [0, 0.05) is 13.0 Å². The molecule has 1 aliphatic rings. The van der Waals surface area contributed by atoms with Gasteiger partial charge < -0.3 is 4.74 Å². The van der Waals surface area contributed by atoms with E-state index in [9.17, 15) is 9.59 Å². The monoisotopic (exact) mass is 289 g/mol. The fourth-order valence-electron chi connectivity index (χ4n) is 2.78. The summed E-state index contributed by atoms with van der Waals surface area (Å²) >= 11 is 0. The van der Waals surface area contributed by atoms with Crippen LogP contribution in [-0.2, 0) is 14.3 Å². The molecule has 2 rings (SSSR count). The van der Waals surface area contributed by atoms with Crippen LogP contribution in [0.2, 0.25) is 0 Å². The summed E-state index contributed by atoms with van der Waals surface area (Å²) in [5.74, 6) is 0.357. The van der Waals surface area contributed by atoms with Crippen molar-refractivity contribution in [1.82, 2.24) is 4.90 Å². The molecule has 0 N–H and O–H groups in total. The number of esters is 1. The molecule has 0 spiro atoms. The molecule has 0 aromatic heterocycles. The Hall–Kier alpha value is -1.68. The number of hydrogen-bond acceptors (Lipinski definition) is 4. The average Bonchev–Trinajstić information content (AvgIpc) is 2.95. The van der Waals surface area contributed by atoms with Gasteiger partial charge in [0.05, 0.1) is 19.6 Å². The van der Waals surface area contributed by atoms with Crippen molar-refractivity contribution < 1.29 is 14.3 Å². The fraction of sp³-hybridized carbons (Fsp3) is 0.529. The number of hydrogen-bond donors (Lipinski definition) is 0. The minimum atomic E-state index is -0.283. The van der Waals surface area contributed by atoms with Gasteiger partial charge in [-0.25, -0.2) is 0 Å². The van der Waals surface area contributed by atoms with Gasteiger partial charge >= 0.3 is 5.97 Å². The van der Waals surface area contributed by atoms with Crippen molar-refractivity contribution in [2.75, 3.05) is 26.2 Å². The van der Waals surface area contributed by atoms with Gasteiger partial charge in [0.2, 0.25) is 0 Å². The first-order valence-electron chi connectivity index (χ1n) is 7.63. The number of carbonyl (C=O) groups is 2. The quantitative estimate of drug-likeness (QED) is 0.723. The number of Topliss-reactive ketones (excluding diaryl/α,β-unsaturated/α-hetero) is 1. The lowest BCUT2D eigenvalue weighted by Crippen LogP contribution is -2.28. The molecule has 4 heteroatoms. The Kier molecular flexibility index (Phi) is 5.93. The summed E-state index contributed by atoms with van der Waals surface area (Å²) in [7, 11) is 0. The van der Waals surface area contributed by atoms with E-state index in [1.165, 1.54) is 5.56 Å². The van der Waals surface area contributed by atoms with Gasteiger partial charge in [-0.3, -0.25) is 14.5 Å². The molecule has 1 saturated heterocycles. The number of nitrogens with zero attached hydrogens (tertiary/aromatic N) is 1. The van der Waals surface area contributed by atoms with Crippen molar-refractivity contribution in [1.29, 1.82) is 0 Å². The molecule has 21 heavy (non-hydrogen) atoms. The van der Waals surface area contributed by atoms with Crippen LogP contribution in [0, 0.1) is 0 Å². The highest BCUT2D eigenvalue weighted by molar-refractivity contribution is 5.84. The van der Waals surface area contributed by atoms with Crippen LogP contribution in [0.15, 0.2) is 30.3 Å². The molecule has 0 radical (unpaired) electrons. The molecule has 1 aliphatic heterocycles. The number of likely N-dealkylation sites (tertiary alicyclic amines) is 1. The summed E-state index contributed by atoms with van der Waals surface area (Å²) in [6.07, 6.45) is 1.57. The van der Waals surface area contributed by atoms with Crippen molar-refractivity contribution >= 4 is 11.8 Å². The molecule has 1 unspecified atom stereocenters. The maximum atomic E-state index is 11.9. The molecule has 0 saturated carbocycles. The Balaban J connectivity index is 1.72. The van der Waals surface area contributed by atoms with E-state index < -0.39 is 0 Å². The second kappa shape index (κ2) is 7.93. The molecule has 1 atom stereocenters. The van der Waals surface area contributed by atoms with Gasteiger partial charge in [-0.1, -0.05) is 30.3 Å². The van der Waals surface area contributed by atoms with Crippen LogP contribution in [-0.4, -0.2) is 42.9 Å². The predicted octanol–water partition coefficient (Wildman–Crippen LogP) is 2.39. The summed E-state index contributed by atoms with van der Waals surface area (Å²) in [6, 6.07) is 10.4. The van der Waals surface area contributed by atoms with Gasteiger partial charge in [0.25, 0.3) is 0 Å². The highest BCUT2D eigenvalue weighted by atomic mass is 16.5. The Morgan fingerprint density at radius 1 is 1.24 bits per heavy atom. The first kappa shape index (κ1) is 15.7. The normalized spacial score (nSPS) is 18.6. The van der Waals surface area contributed by atoms with Crippen molar-refractivity contribution in [2.45, 2.75) is 32.1 Å². The second-order valence-corrected chi connectivity index (χ2v) is 5.48. The van der Waals surface area contributed by atoms with Gasteiger partial charge in [-0.05, 0) is 31.4 Å². The first-order valence-corrected chi connectivity index (χ1v) is 7.63. The Morgan fingerprint density at radius 2 is 2.00 bits per heavy atom. The Labute approximate surface area is 126 Å². The first-order chi connectivity index (χ1) is 10.2. The highest BCUT2D eigenvalue weighted by Crippen LogP contribution is 2.26. The molecular formula is C17H23NO3. The molecule has 114 valence electrons. The summed E-state index contributed by atoms with van der Waals surface area (Å²) in [5, 5.41) is 0. The second-order valence-electron chi connectivity index (χ2n) is 5.48. The average molecular weight is 289 g/mol. The molecule has 4 nitrogen and oxygen atoms in total. The molecule has 0 aliphatic carbocycles. The summed E-state index contributed by atoms with van der Waals surface area (Å²) in [6.45, 7) is 4.47. The number of carbonyl (C=O) groups excluding carboxylic acids is 2. The van der Waals surface area contributed by atoms with E-state index >= 15 is 0 Å². The molecule has 1 fully saturated rings. The van der Waals surface area contributed by atoms with Crippen LogP contribution < -0.4 is 0 Å². The molecule has 0 bridgehead atoms. The van der Waals surface area contributed by atoms with Crippen LogP contribution in [0.4, 0.5) is 0 Å². The van der Waals surface area contributed by atoms with Gasteiger partial charge in [-0.2, -0.15) is 0 Å². The third-order valence-corrected chi connectivity index (χ3v) is 3.86. The summed E-state index contributed by atoms with van der Waals surface area (Å²) in [4.78, 5) is 25.3. The van der Waals surface area contributed by atoms with Crippen LogP contribution in [0.25, 0.3) is 0 Å². The Bertz CT molecular complexity index is 472. The minimum absolute atomic E-state index is 0.122. The van der Waals surface area contributed by atoms with E-state index in [2.05, 4.69) is 29.2 Å². The van der Waals surface area contributed by atoms with Gasteiger partial charge in [0.1, 0.15) is 5.78 Å². The molecule has 1 aromatic rings. The molecule has 1 aromatic carbocycles. The van der Waals surface area contributed by atoms with Crippen molar-refractivity contribution in [3.63, 3.8) is 0 Å².